The Morgan fingerprint density at radius 2 is 0.657 bits per heavy atom. The number of nitrogens with zero attached hydrogens (tertiary/aromatic N) is 2. The predicted octanol–water partition coefficient (Wildman–Crippen LogP) is 15.2. The number of hydrogen-bond acceptors (Lipinski definition) is 6. The molecule has 9 aromatic carbocycles. The Balaban J connectivity index is 1.30. The molecule has 0 atom stereocenters. The topological polar surface area (TPSA) is 93.2 Å². The molecular weight excluding hydrogens is 869 g/mol. The minimum atomic E-state index is -0.392. The van der Waals surface area contributed by atoms with Gasteiger partial charge in [-0.3, -0.25) is 19.2 Å². The summed E-state index contributed by atoms with van der Waals surface area (Å²) < 4.78 is 11.2. The zero-order chi connectivity index (χ0) is 49.2. The van der Waals surface area contributed by atoms with Crippen LogP contribution >= 0.6 is 0 Å². The van der Waals surface area contributed by atoms with Crippen LogP contribution in [0.1, 0.15) is 143 Å². The van der Waals surface area contributed by atoms with Crippen LogP contribution in [0.2, 0.25) is 0 Å². The van der Waals surface area contributed by atoms with Crippen molar-refractivity contribution in [1.29, 1.82) is 0 Å². The number of rotatable bonds is 10. The summed E-state index contributed by atoms with van der Waals surface area (Å²) >= 11 is 0. The molecule has 0 spiro atoms. The minimum absolute atomic E-state index is 0.0314. The van der Waals surface area contributed by atoms with Crippen LogP contribution in [0, 0.1) is 0 Å². The fraction of sp³-hybridized carbons (Fsp3) is 0.226. The number of anilines is 2. The Hall–Kier alpha value is -7.84. The van der Waals surface area contributed by atoms with Crippen molar-refractivity contribution >= 4 is 78.1 Å². The van der Waals surface area contributed by atoms with Crippen LogP contribution in [-0.2, 0) is 0 Å². The normalized spacial score (nSPS) is 13.9. The lowest BCUT2D eigenvalue weighted by atomic mass is 9.77. The van der Waals surface area contributed by atoms with Gasteiger partial charge in [-0.15, -0.1) is 0 Å². The summed E-state index contributed by atoms with van der Waals surface area (Å²) in [6.45, 7) is 16.7. The van der Waals surface area contributed by atoms with Gasteiger partial charge in [0.25, 0.3) is 23.6 Å². The van der Waals surface area contributed by atoms with Crippen molar-refractivity contribution in [1.82, 2.24) is 0 Å². The highest BCUT2D eigenvalue weighted by Gasteiger charge is 2.42. The summed E-state index contributed by atoms with van der Waals surface area (Å²) in [4.78, 5) is 64.9. The van der Waals surface area contributed by atoms with Crippen molar-refractivity contribution < 1.29 is 28.7 Å². The molecule has 4 amide bonds. The van der Waals surface area contributed by atoms with Gasteiger partial charge in [-0.05, 0) is 149 Å². The van der Waals surface area contributed by atoms with Crippen molar-refractivity contribution in [3.8, 4) is 33.8 Å². The quantitative estimate of drug-likeness (QED) is 0.0770. The molecule has 2 aliphatic heterocycles. The van der Waals surface area contributed by atoms with Gasteiger partial charge in [-0.2, -0.15) is 0 Å². The maximum absolute atomic E-state index is 15.6. The second kappa shape index (κ2) is 16.4. The van der Waals surface area contributed by atoms with E-state index in [2.05, 4.69) is 55.4 Å². The van der Waals surface area contributed by atoms with E-state index in [0.717, 1.165) is 76.8 Å². The molecule has 0 N–H and O–H groups in total. The molecule has 0 unspecified atom stereocenters. The van der Waals surface area contributed by atoms with E-state index in [1.165, 1.54) is 9.80 Å². The first-order chi connectivity index (χ1) is 33.7. The average molecular weight is 923 g/mol. The highest BCUT2D eigenvalue weighted by Crippen LogP contribution is 2.53. The molecule has 70 heavy (non-hydrogen) atoms. The Bertz CT molecular complexity index is 3410. The third-order valence-corrected chi connectivity index (χ3v) is 14.8. The highest BCUT2D eigenvalue weighted by molar-refractivity contribution is 6.48. The van der Waals surface area contributed by atoms with Gasteiger partial charge in [0, 0.05) is 33.0 Å². The van der Waals surface area contributed by atoms with Crippen LogP contribution in [0.25, 0.3) is 65.3 Å². The van der Waals surface area contributed by atoms with Gasteiger partial charge in [0.05, 0.1) is 25.6 Å². The molecule has 0 fully saturated rings. The molecule has 8 nitrogen and oxygen atoms in total. The van der Waals surface area contributed by atoms with E-state index in [1.807, 2.05) is 121 Å². The van der Waals surface area contributed by atoms with E-state index in [0.29, 0.717) is 55.9 Å². The lowest BCUT2D eigenvalue weighted by Gasteiger charge is -2.34. The number of fused-ring (bicyclic) bond motifs is 2. The Labute approximate surface area is 407 Å². The lowest BCUT2D eigenvalue weighted by Crippen LogP contribution is -2.42. The van der Waals surface area contributed by atoms with E-state index in [9.17, 15) is 0 Å². The zero-order valence-corrected chi connectivity index (χ0v) is 41.2. The van der Waals surface area contributed by atoms with Gasteiger partial charge in [0.2, 0.25) is 0 Å². The number of para-hydroxylation sites is 2. The van der Waals surface area contributed by atoms with E-state index in [4.69, 9.17) is 9.47 Å². The van der Waals surface area contributed by atoms with Gasteiger partial charge in [-0.25, -0.2) is 9.80 Å². The first-order valence-corrected chi connectivity index (χ1v) is 24.3. The third-order valence-electron chi connectivity index (χ3n) is 14.8. The average Bonchev–Trinajstić information content (AvgIpc) is 3.36. The molecule has 0 radical (unpaired) electrons. The first kappa shape index (κ1) is 44.7. The van der Waals surface area contributed by atoms with Crippen LogP contribution < -0.4 is 19.3 Å². The number of imide groups is 2. The Kier molecular flexibility index (Phi) is 10.5. The minimum Gasteiger partial charge on any atom is -0.497 e. The number of ether oxygens (including phenoxy) is 2. The maximum Gasteiger partial charge on any atom is 0.266 e. The SMILES string of the molecule is COc1ccc(-c2cc3c4c(ccc5c6c(-c7ccc(OC)cc7)cc7c8c(ccc(c2c45)c86)C(=O)N(c2c(C(C)C)cccc2C(C)C)C7=O)C(=O)N(c2c(C(C)C)cccc2C(C)C)C3=O)cc1. The van der Waals surface area contributed by atoms with Gasteiger partial charge in [-0.1, -0.05) is 128 Å². The smallest absolute Gasteiger partial charge is 0.266 e. The number of hydrogen-bond donors (Lipinski definition) is 0. The first-order valence-electron chi connectivity index (χ1n) is 24.3. The van der Waals surface area contributed by atoms with Gasteiger partial charge in [0.1, 0.15) is 11.5 Å². The van der Waals surface area contributed by atoms with Crippen LogP contribution in [0.5, 0.6) is 11.5 Å². The van der Waals surface area contributed by atoms with Crippen molar-refractivity contribution in [3.05, 3.63) is 166 Å². The molecule has 2 heterocycles. The van der Waals surface area contributed by atoms with Crippen molar-refractivity contribution in [2.75, 3.05) is 24.0 Å². The molecule has 0 saturated carbocycles. The van der Waals surface area contributed by atoms with E-state index >= 15 is 19.2 Å². The van der Waals surface area contributed by atoms with E-state index < -0.39 is 11.8 Å². The monoisotopic (exact) mass is 922 g/mol. The van der Waals surface area contributed by atoms with Crippen LogP contribution in [-0.4, -0.2) is 37.8 Å². The molecule has 0 saturated heterocycles. The number of benzene rings is 9. The lowest BCUT2D eigenvalue weighted by molar-refractivity contribution is 0.0877. The number of amides is 4. The fourth-order valence-electron chi connectivity index (χ4n) is 11.4. The molecular formula is C62H54N2O6. The van der Waals surface area contributed by atoms with E-state index in [-0.39, 0.29) is 35.5 Å². The van der Waals surface area contributed by atoms with Gasteiger partial charge in [0.15, 0.2) is 0 Å². The second-order valence-corrected chi connectivity index (χ2v) is 20.1. The molecule has 348 valence electrons. The predicted molar refractivity (Wildman–Crippen MR) is 283 cm³/mol. The molecule has 0 bridgehead atoms. The van der Waals surface area contributed by atoms with Crippen molar-refractivity contribution in [2.45, 2.75) is 79.1 Å². The maximum atomic E-state index is 15.6. The van der Waals surface area contributed by atoms with Gasteiger partial charge >= 0.3 is 0 Å². The standard InChI is InChI=1S/C62H54N2O6/c1-31(2)39-13-11-14-40(32(3)4)57(39)63-59(65)45-27-25-43-52-48(36-19-23-38(70-10)24-20-36)30-50-54-46(60(66)64(62(50)68)58-41(33(5)6)15-12-16-42(58)34(7)8)28-26-44(56(52)54)51-47(35-17-21-37(69-9)22-18-35)29-49(61(63)67)53(45)55(43)51/h11-34H,1-10H3. The van der Waals surface area contributed by atoms with Crippen molar-refractivity contribution in [3.63, 3.8) is 0 Å². The Morgan fingerprint density at radius 3 is 0.957 bits per heavy atom. The summed E-state index contributed by atoms with van der Waals surface area (Å²) in [5.41, 5.74) is 9.85. The highest BCUT2D eigenvalue weighted by atomic mass is 16.5. The number of carbonyl (C=O) groups excluding carboxylic acids is 4. The summed E-state index contributed by atoms with van der Waals surface area (Å²) in [5, 5.41) is 5.89. The molecule has 2 aliphatic rings. The summed E-state index contributed by atoms with van der Waals surface area (Å²) in [6, 6.07) is 39.2. The van der Waals surface area contributed by atoms with Crippen LogP contribution in [0.3, 0.4) is 0 Å². The molecule has 8 heteroatoms. The molecule has 0 aromatic heterocycles. The second-order valence-electron chi connectivity index (χ2n) is 20.1. The van der Waals surface area contributed by atoms with Crippen molar-refractivity contribution in [2.24, 2.45) is 0 Å². The summed E-state index contributed by atoms with van der Waals surface area (Å²) in [7, 11) is 3.26. The molecule has 11 rings (SSSR count). The van der Waals surface area contributed by atoms with Crippen LogP contribution in [0.4, 0.5) is 11.4 Å². The Morgan fingerprint density at radius 1 is 0.343 bits per heavy atom. The number of carbonyl (C=O) groups is 4. The van der Waals surface area contributed by atoms with E-state index in [1.54, 1.807) is 14.2 Å². The molecule has 0 aliphatic carbocycles. The molecule has 9 aromatic rings. The van der Waals surface area contributed by atoms with Crippen LogP contribution in [0.15, 0.2) is 121 Å². The summed E-state index contributed by atoms with van der Waals surface area (Å²) in [6.07, 6.45) is 0. The zero-order valence-electron chi connectivity index (χ0n) is 41.2. The van der Waals surface area contributed by atoms with Gasteiger partial charge < -0.3 is 9.47 Å². The largest absolute Gasteiger partial charge is 0.497 e. The summed E-state index contributed by atoms with van der Waals surface area (Å²) in [5.74, 6) is -0.0695. The third kappa shape index (κ3) is 6.35. The number of methoxy groups -OCH3 is 2. The fourth-order valence-corrected chi connectivity index (χ4v) is 11.4.